The van der Waals surface area contributed by atoms with Crippen molar-refractivity contribution in [2.75, 3.05) is 12.4 Å². The van der Waals surface area contributed by atoms with Gasteiger partial charge in [0.2, 0.25) is 0 Å². The van der Waals surface area contributed by atoms with Gasteiger partial charge in [-0.3, -0.25) is 0 Å². The van der Waals surface area contributed by atoms with Crippen LogP contribution in [-0.2, 0) is 6.54 Å². The minimum atomic E-state index is 0.241. The van der Waals surface area contributed by atoms with Crippen LogP contribution in [0.5, 0.6) is 11.5 Å². The molecule has 7 heteroatoms. The second-order valence-corrected chi connectivity index (χ2v) is 6.83. The summed E-state index contributed by atoms with van der Waals surface area (Å²) in [6.07, 6.45) is 1.72. The molecule has 0 aliphatic rings. The fourth-order valence-electron chi connectivity index (χ4n) is 2.92. The molecular formula is C20H17BrN4O2. The highest BCUT2D eigenvalue weighted by Crippen LogP contribution is 2.31. The number of hydrogen-bond donors (Lipinski definition) is 2. The van der Waals surface area contributed by atoms with Crippen molar-refractivity contribution in [3.8, 4) is 22.8 Å². The van der Waals surface area contributed by atoms with Crippen LogP contribution in [0.25, 0.3) is 16.9 Å². The Bertz CT molecular complexity index is 1110. The van der Waals surface area contributed by atoms with Crippen LogP contribution < -0.4 is 10.1 Å². The molecule has 136 valence electrons. The summed E-state index contributed by atoms with van der Waals surface area (Å²) >= 11 is 3.51. The highest BCUT2D eigenvalue weighted by Gasteiger charge is 2.14. The number of nitrogens with zero attached hydrogens (tertiary/aromatic N) is 3. The first-order valence-corrected chi connectivity index (χ1v) is 9.14. The molecule has 0 atom stereocenters. The Labute approximate surface area is 164 Å². The third-order valence-corrected chi connectivity index (χ3v) is 4.76. The van der Waals surface area contributed by atoms with E-state index >= 15 is 0 Å². The molecule has 2 aromatic carbocycles. The second-order valence-electron chi connectivity index (χ2n) is 5.98. The van der Waals surface area contributed by atoms with Crippen molar-refractivity contribution in [2.45, 2.75) is 6.54 Å². The highest BCUT2D eigenvalue weighted by molar-refractivity contribution is 9.10. The molecule has 4 aromatic rings. The maximum absolute atomic E-state index is 9.66. The number of hydrogen-bond acceptors (Lipinski definition) is 5. The fraction of sp³-hybridized carbons (Fsp3) is 0.100. The minimum absolute atomic E-state index is 0.241. The number of anilines is 1. The molecule has 0 saturated carbocycles. The van der Waals surface area contributed by atoms with Crippen LogP contribution in [0.3, 0.4) is 0 Å². The van der Waals surface area contributed by atoms with Crippen LogP contribution in [0.15, 0.2) is 65.3 Å². The Morgan fingerprint density at radius 1 is 1.15 bits per heavy atom. The molecule has 0 spiro atoms. The van der Waals surface area contributed by atoms with Gasteiger partial charge in [-0.15, -0.1) is 0 Å². The van der Waals surface area contributed by atoms with Crippen molar-refractivity contribution in [1.29, 1.82) is 0 Å². The smallest absolute Gasteiger partial charge is 0.172 e. The molecule has 4 rings (SSSR count). The van der Waals surface area contributed by atoms with Crippen LogP contribution in [0, 0.1) is 0 Å². The number of methoxy groups -OCH3 is 1. The first-order valence-electron chi connectivity index (χ1n) is 8.35. The molecule has 0 amide bonds. The van der Waals surface area contributed by atoms with Crippen molar-refractivity contribution in [2.24, 2.45) is 0 Å². The van der Waals surface area contributed by atoms with Gasteiger partial charge in [0.05, 0.1) is 23.5 Å². The van der Waals surface area contributed by atoms with Crippen LogP contribution in [0.4, 0.5) is 5.82 Å². The van der Waals surface area contributed by atoms with E-state index in [9.17, 15) is 5.11 Å². The van der Waals surface area contributed by atoms with Gasteiger partial charge in [-0.1, -0.05) is 24.3 Å². The van der Waals surface area contributed by atoms with E-state index < -0.39 is 0 Å². The van der Waals surface area contributed by atoms with Gasteiger partial charge in [-0.25, -0.2) is 4.98 Å². The summed E-state index contributed by atoms with van der Waals surface area (Å²) in [4.78, 5) is 4.74. The quantitative estimate of drug-likeness (QED) is 0.493. The van der Waals surface area contributed by atoms with E-state index in [-0.39, 0.29) is 5.75 Å². The standard InChI is InChI=1S/C20H17BrN4O2/c1-27-18-8-3-2-7-15(18)17-10-19(25-20(24-17)16(21)12-23-25)22-11-13-5-4-6-14(26)9-13/h2-10,12,22,26H,11H2,1H3. The molecule has 0 bridgehead atoms. The Hall–Kier alpha value is -3.06. The summed E-state index contributed by atoms with van der Waals surface area (Å²) < 4.78 is 8.03. The fourth-order valence-corrected chi connectivity index (χ4v) is 3.26. The molecule has 2 heterocycles. The Morgan fingerprint density at radius 3 is 2.81 bits per heavy atom. The normalized spacial score (nSPS) is 10.9. The lowest BCUT2D eigenvalue weighted by Gasteiger charge is -2.13. The van der Waals surface area contributed by atoms with Crippen molar-refractivity contribution in [1.82, 2.24) is 14.6 Å². The third-order valence-electron chi connectivity index (χ3n) is 4.20. The summed E-state index contributed by atoms with van der Waals surface area (Å²) in [5.41, 5.74) is 3.34. The largest absolute Gasteiger partial charge is 0.508 e. The third kappa shape index (κ3) is 3.46. The maximum atomic E-state index is 9.66. The Balaban J connectivity index is 1.77. The van der Waals surface area contributed by atoms with E-state index in [1.165, 1.54) is 0 Å². The van der Waals surface area contributed by atoms with Crippen LogP contribution in [-0.4, -0.2) is 26.8 Å². The molecule has 2 N–H and O–H groups in total. The summed E-state index contributed by atoms with van der Waals surface area (Å²) in [5, 5.41) is 17.4. The van der Waals surface area contributed by atoms with E-state index in [0.29, 0.717) is 12.2 Å². The number of phenolic OH excluding ortho intramolecular Hbond substituents is 1. The van der Waals surface area contributed by atoms with Gasteiger partial charge in [0.25, 0.3) is 0 Å². The highest BCUT2D eigenvalue weighted by atomic mass is 79.9. The van der Waals surface area contributed by atoms with Gasteiger partial charge in [-0.05, 0) is 45.8 Å². The zero-order valence-electron chi connectivity index (χ0n) is 14.6. The SMILES string of the molecule is COc1ccccc1-c1cc(NCc2cccc(O)c2)n2ncc(Br)c2n1. The molecule has 0 radical (unpaired) electrons. The lowest BCUT2D eigenvalue weighted by molar-refractivity contribution is 0.416. The number of aromatic nitrogens is 3. The van der Waals surface area contributed by atoms with Gasteiger partial charge >= 0.3 is 0 Å². The lowest BCUT2D eigenvalue weighted by Crippen LogP contribution is -2.07. The number of nitrogens with one attached hydrogen (secondary N) is 1. The van der Waals surface area contributed by atoms with Gasteiger partial charge in [0.1, 0.15) is 17.3 Å². The molecule has 6 nitrogen and oxygen atoms in total. The zero-order valence-corrected chi connectivity index (χ0v) is 16.1. The number of para-hydroxylation sites is 1. The predicted octanol–water partition coefficient (Wildman–Crippen LogP) is 4.49. The summed E-state index contributed by atoms with van der Waals surface area (Å²) in [6, 6.07) is 16.8. The number of fused-ring (bicyclic) bond motifs is 1. The van der Waals surface area contributed by atoms with Crippen molar-refractivity contribution in [3.63, 3.8) is 0 Å². The van der Waals surface area contributed by atoms with Crippen LogP contribution >= 0.6 is 15.9 Å². The predicted molar refractivity (Wildman–Crippen MR) is 108 cm³/mol. The number of halogens is 1. The monoisotopic (exact) mass is 424 g/mol. The Kier molecular flexibility index (Phi) is 4.68. The van der Waals surface area contributed by atoms with Crippen molar-refractivity contribution in [3.05, 3.63) is 70.8 Å². The van der Waals surface area contributed by atoms with Gasteiger partial charge in [-0.2, -0.15) is 9.61 Å². The summed E-state index contributed by atoms with van der Waals surface area (Å²) in [5.74, 6) is 1.78. The Morgan fingerprint density at radius 2 is 2.00 bits per heavy atom. The van der Waals surface area contributed by atoms with E-state index in [4.69, 9.17) is 9.72 Å². The van der Waals surface area contributed by atoms with Crippen molar-refractivity contribution < 1.29 is 9.84 Å². The molecule has 0 aliphatic heterocycles. The molecular weight excluding hydrogens is 408 g/mol. The van der Waals surface area contributed by atoms with Crippen molar-refractivity contribution >= 4 is 27.4 Å². The topological polar surface area (TPSA) is 71.7 Å². The first kappa shape index (κ1) is 17.4. The number of ether oxygens (including phenoxy) is 1. The molecule has 0 aliphatic carbocycles. The summed E-state index contributed by atoms with van der Waals surface area (Å²) in [7, 11) is 1.65. The van der Waals surface area contributed by atoms with Crippen LogP contribution in [0.2, 0.25) is 0 Å². The number of benzene rings is 2. The molecule has 0 saturated heterocycles. The van der Waals surface area contributed by atoms with Gasteiger partial charge < -0.3 is 15.2 Å². The molecule has 27 heavy (non-hydrogen) atoms. The second kappa shape index (κ2) is 7.28. The molecule has 2 aromatic heterocycles. The first-order chi connectivity index (χ1) is 13.2. The van der Waals surface area contributed by atoms with E-state index in [1.807, 2.05) is 42.5 Å². The minimum Gasteiger partial charge on any atom is -0.508 e. The molecule has 0 unspecified atom stereocenters. The number of aromatic hydroxyl groups is 1. The van der Waals surface area contributed by atoms with Gasteiger partial charge in [0.15, 0.2) is 5.65 Å². The lowest BCUT2D eigenvalue weighted by atomic mass is 10.1. The van der Waals surface area contributed by atoms with Gasteiger partial charge in [0, 0.05) is 18.2 Å². The van der Waals surface area contributed by atoms with E-state index in [0.717, 1.165) is 32.9 Å². The average molecular weight is 425 g/mol. The van der Waals surface area contributed by atoms with E-state index in [1.54, 1.807) is 30.0 Å². The zero-order chi connectivity index (χ0) is 18.8. The number of rotatable bonds is 5. The van der Waals surface area contributed by atoms with E-state index in [2.05, 4.69) is 26.3 Å². The maximum Gasteiger partial charge on any atom is 0.172 e. The summed E-state index contributed by atoms with van der Waals surface area (Å²) in [6.45, 7) is 0.538. The van der Waals surface area contributed by atoms with Crippen LogP contribution in [0.1, 0.15) is 5.56 Å². The number of phenols is 1. The average Bonchev–Trinajstić information content (AvgIpc) is 3.07. The molecule has 0 fully saturated rings.